The fourth-order valence-electron chi connectivity index (χ4n) is 0.622. The largest absolute Gasteiger partial charge is 0.383 e. The van der Waals surface area contributed by atoms with Crippen molar-refractivity contribution < 1.29 is 19.8 Å². The molecule has 1 heterocycles. The second-order valence-corrected chi connectivity index (χ2v) is 1.84. The van der Waals surface area contributed by atoms with Crippen LogP contribution < -0.4 is 0 Å². The molecule has 0 aromatic rings. The predicted octanol–water partition coefficient (Wildman–Crippen LogP) is -2.52. The minimum Gasteiger partial charge on any atom is -0.383 e. The standard InChI is InChI=1S/C4H4BO4/c6-1-2(7)4(9)5-3(1)8/h1-2,6-7H. The van der Waals surface area contributed by atoms with Crippen LogP contribution in [0.15, 0.2) is 0 Å². The van der Waals surface area contributed by atoms with Crippen LogP contribution in [0.1, 0.15) is 0 Å². The van der Waals surface area contributed by atoms with Crippen molar-refractivity contribution in [1.29, 1.82) is 0 Å². The van der Waals surface area contributed by atoms with Gasteiger partial charge in [-0.3, -0.25) is 0 Å². The quantitative estimate of drug-likeness (QED) is 0.352. The average molecular weight is 127 g/mol. The molecule has 47 valence electrons. The van der Waals surface area contributed by atoms with Gasteiger partial charge < -0.3 is 19.8 Å². The Bertz CT molecular complexity index is 148. The normalized spacial score (nSPS) is 34.9. The Morgan fingerprint density at radius 1 is 1.11 bits per heavy atom. The molecule has 2 N–H and O–H groups in total. The summed E-state index contributed by atoms with van der Waals surface area (Å²) in [7, 11) is 0.704. The number of hydrogen-bond acceptors (Lipinski definition) is 4. The van der Waals surface area contributed by atoms with Crippen LogP contribution in [0.2, 0.25) is 0 Å². The van der Waals surface area contributed by atoms with Crippen LogP contribution in [0.5, 0.6) is 0 Å². The van der Waals surface area contributed by atoms with E-state index in [9.17, 15) is 9.59 Å². The fourth-order valence-corrected chi connectivity index (χ4v) is 0.622. The summed E-state index contributed by atoms with van der Waals surface area (Å²) in [4.78, 5) is 20.6. The monoisotopic (exact) mass is 127 g/mol. The maximum absolute atomic E-state index is 10.3. The molecule has 1 radical (unpaired) electrons. The van der Waals surface area contributed by atoms with E-state index < -0.39 is 23.6 Å². The van der Waals surface area contributed by atoms with Crippen molar-refractivity contribution in [2.24, 2.45) is 0 Å². The number of aliphatic hydroxyl groups is 2. The van der Waals surface area contributed by atoms with Crippen LogP contribution in [0, 0.1) is 0 Å². The number of rotatable bonds is 0. The van der Waals surface area contributed by atoms with E-state index in [4.69, 9.17) is 10.2 Å². The molecule has 0 bridgehead atoms. The van der Waals surface area contributed by atoms with Crippen LogP contribution in [0.4, 0.5) is 0 Å². The highest BCUT2D eigenvalue weighted by atomic mass is 16.3. The third kappa shape index (κ3) is 0.884. The molecule has 0 aromatic heterocycles. The van der Waals surface area contributed by atoms with Crippen molar-refractivity contribution in [3.8, 4) is 0 Å². The summed E-state index contributed by atoms with van der Waals surface area (Å²) < 4.78 is 0. The van der Waals surface area contributed by atoms with Gasteiger partial charge in [-0.2, -0.15) is 0 Å². The van der Waals surface area contributed by atoms with Crippen molar-refractivity contribution in [2.75, 3.05) is 0 Å². The van der Waals surface area contributed by atoms with Gasteiger partial charge >= 0.3 is 0 Å². The van der Waals surface area contributed by atoms with Crippen molar-refractivity contribution >= 4 is 18.6 Å². The molecule has 2 atom stereocenters. The lowest BCUT2D eigenvalue weighted by Crippen LogP contribution is -2.27. The molecule has 0 saturated carbocycles. The van der Waals surface area contributed by atoms with Gasteiger partial charge in [0.15, 0.2) is 0 Å². The first-order valence-electron chi connectivity index (χ1n) is 2.41. The van der Waals surface area contributed by atoms with Crippen molar-refractivity contribution in [2.45, 2.75) is 12.2 Å². The van der Waals surface area contributed by atoms with Crippen molar-refractivity contribution in [3.05, 3.63) is 0 Å². The molecule has 0 aliphatic carbocycles. The van der Waals surface area contributed by atoms with Crippen LogP contribution in [0.25, 0.3) is 0 Å². The zero-order valence-corrected chi connectivity index (χ0v) is 4.44. The Hall–Kier alpha value is -0.675. The van der Waals surface area contributed by atoms with Gasteiger partial charge in [-0.15, -0.1) is 0 Å². The lowest BCUT2D eigenvalue weighted by Gasteiger charge is -2.02. The molecule has 1 rings (SSSR count). The molecule has 4 nitrogen and oxygen atoms in total. The van der Waals surface area contributed by atoms with Gasteiger partial charge in [-0.1, -0.05) is 0 Å². The first kappa shape index (κ1) is 6.45. The zero-order valence-electron chi connectivity index (χ0n) is 4.44. The highest BCUT2D eigenvalue weighted by molar-refractivity contribution is 7.00. The summed E-state index contributed by atoms with van der Waals surface area (Å²) in [6, 6.07) is 0. The van der Waals surface area contributed by atoms with E-state index in [0.29, 0.717) is 7.28 Å². The second kappa shape index (κ2) is 1.93. The molecule has 5 heteroatoms. The van der Waals surface area contributed by atoms with Gasteiger partial charge in [0.1, 0.15) is 23.6 Å². The highest BCUT2D eigenvalue weighted by Gasteiger charge is 2.39. The molecule has 0 spiro atoms. The minimum absolute atomic E-state index is 0.704. The molecule has 1 fully saturated rings. The maximum atomic E-state index is 10.3. The summed E-state index contributed by atoms with van der Waals surface area (Å²) in [6.07, 6.45) is -3.06. The van der Waals surface area contributed by atoms with E-state index in [1.165, 1.54) is 0 Å². The zero-order chi connectivity index (χ0) is 7.02. The van der Waals surface area contributed by atoms with E-state index in [1.807, 2.05) is 0 Å². The number of hydrogen-bond donors (Lipinski definition) is 2. The summed E-state index contributed by atoms with van der Waals surface area (Å²) in [5.74, 6) is 0. The summed E-state index contributed by atoms with van der Waals surface area (Å²) >= 11 is 0. The SMILES string of the molecule is O=C1[B]C(=O)C(O)C1O. The van der Waals surface area contributed by atoms with Crippen LogP contribution >= 0.6 is 0 Å². The fraction of sp³-hybridized carbons (Fsp3) is 0.500. The molecule has 1 aliphatic rings. The average Bonchev–Trinajstić information content (AvgIpc) is 1.98. The van der Waals surface area contributed by atoms with E-state index >= 15 is 0 Å². The predicted molar refractivity (Wildman–Crippen MR) is 27.8 cm³/mol. The Labute approximate surface area is 51.7 Å². The first-order valence-corrected chi connectivity index (χ1v) is 2.41. The minimum atomic E-state index is -1.53. The number of carbonyl (C=O) groups excluding carboxylic acids is 2. The lowest BCUT2D eigenvalue weighted by molar-refractivity contribution is -0.129. The molecular formula is C4H4BO4. The smallest absolute Gasteiger partial charge is 0.298 e. The summed E-state index contributed by atoms with van der Waals surface area (Å²) in [5.41, 5.74) is -1.43. The van der Waals surface area contributed by atoms with Gasteiger partial charge in [0.2, 0.25) is 0 Å². The van der Waals surface area contributed by atoms with E-state index in [-0.39, 0.29) is 0 Å². The lowest BCUT2D eigenvalue weighted by atomic mass is 9.74. The third-order valence-electron chi connectivity index (χ3n) is 1.17. The van der Waals surface area contributed by atoms with E-state index in [0.717, 1.165) is 0 Å². The molecule has 0 amide bonds. The topological polar surface area (TPSA) is 74.6 Å². The Balaban J connectivity index is 2.77. The van der Waals surface area contributed by atoms with Crippen molar-refractivity contribution in [3.63, 3.8) is 0 Å². The second-order valence-electron chi connectivity index (χ2n) is 1.84. The molecule has 2 unspecified atom stereocenters. The van der Waals surface area contributed by atoms with E-state index in [2.05, 4.69) is 0 Å². The first-order chi connectivity index (χ1) is 4.13. The van der Waals surface area contributed by atoms with Crippen LogP contribution in [0.3, 0.4) is 0 Å². The van der Waals surface area contributed by atoms with Gasteiger partial charge in [-0.25, -0.2) is 0 Å². The van der Waals surface area contributed by atoms with Crippen LogP contribution in [-0.2, 0) is 9.59 Å². The van der Waals surface area contributed by atoms with Gasteiger partial charge in [-0.05, 0) is 0 Å². The summed E-state index contributed by atoms with van der Waals surface area (Å²) in [5, 5.41) is 17.2. The number of aliphatic hydroxyl groups excluding tert-OH is 2. The Morgan fingerprint density at radius 3 is 1.56 bits per heavy atom. The van der Waals surface area contributed by atoms with Gasteiger partial charge in [0.05, 0.1) is 0 Å². The molecular weight excluding hydrogens is 123 g/mol. The maximum Gasteiger partial charge on any atom is 0.298 e. The molecule has 9 heavy (non-hydrogen) atoms. The molecule has 1 aliphatic heterocycles. The Kier molecular flexibility index (Phi) is 1.38. The van der Waals surface area contributed by atoms with E-state index in [1.54, 1.807) is 0 Å². The number of carbonyl (C=O) groups is 2. The highest BCUT2D eigenvalue weighted by Crippen LogP contribution is 2.03. The molecule has 1 saturated heterocycles. The third-order valence-corrected chi connectivity index (χ3v) is 1.17. The van der Waals surface area contributed by atoms with Gasteiger partial charge in [0.25, 0.3) is 7.28 Å². The van der Waals surface area contributed by atoms with Crippen molar-refractivity contribution in [1.82, 2.24) is 0 Å². The Morgan fingerprint density at radius 2 is 1.44 bits per heavy atom. The van der Waals surface area contributed by atoms with Crippen LogP contribution in [-0.4, -0.2) is 41.1 Å². The summed E-state index contributed by atoms with van der Waals surface area (Å²) in [6.45, 7) is 0. The molecule has 0 aromatic carbocycles. The van der Waals surface area contributed by atoms with Gasteiger partial charge in [0, 0.05) is 0 Å².